The summed E-state index contributed by atoms with van der Waals surface area (Å²) in [7, 11) is 3.27. The number of amides is 1. The van der Waals surface area contributed by atoms with Crippen LogP contribution in [0.5, 0.6) is 11.5 Å². The van der Waals surface area contributed by atoms with Crippen LogP contribution in [-0.4, -0.2) is 37.3 Å². The van der Waals surface area contributed by atoms with Crippen molar-refractivity contribution in [3.05, 3.63) is 58.6 Å². The van der Waals surface area contributed by atoms with E-state index in [4.69, 9.17) is 21.1 Å². The number of thioether (sulfide) groups is 1. The Labute approximate surface area is 181 Å². The van der Waals surface area contributed by atoms with Crippen molar-refractivity contribution in [3.63, 3.8) is 0 Å². The average Bonchev–Trinajstić information content (AvgIpc) is 3.44. The smallest absolute Gasteiger partial charge is 0.234 e. The van der Waals surface area contributed by atoms with Gasteiger partial charge in [-0.15, -0.1) is 11.8 Å². The summed E-state index contributed by atoms with van der Waals surface area (Å²) in [5, 5.41) is 0.696. The Kier molecular flexibility index (Phi) is 5.98. The van der Waals surface area contributed by atoms with E-state index in [-0.39, 0.29) is 11.3 Å². The Balaban J connectivity index is 1.67. The SMILES string of the molecule is COc1ccc(C2SCCN2C(=O)C2(c3ccc(Cl)cc3)CCCC2)cc1OC. The Morgan fingerprint density at radius 2 is 1.76 bits per heavy atom. The minimum Gasteiger partial charge on any atom is -0.493 e. The summed E-state index contributed by atoms with van der Waals surface area (Å²) >= 11 is 7.91. The lowest BCUT2D eigenvalue weighted by Crippen LogP contribution is -2.45. The zero-order valence-electron chi connectivity index (χ0n) is 16.8. The number of carbonyl (C=O) groups excluding carboxylic acids is 1. The molecule has 29 heavy (non-hydrogen) atoms. The van der Waals surface area contributed by atoms with Crippen LogP contribution in [0.1, 0.15) is 42.2 Å². The first-order valence-electron chi connectivity index (χ1n) is 10.00. The number of carbonyl (C=O) groups is 1. The molecule has 1 aliphatic heterocycles. The summed E-state index contributed by atoms with van der Waals surface area (Å²) in [4.78, 5) is 16.0. The molecule has 0 radical (unpaired) electrons. The molecule has 2 aliphatic rings. The Morgan fingerprint density at radius 1 is 1.07 bits per heavy atom. The molecule has 1 heterocycles. The van der Waals surface area contributed by atoms with Crippen molar-refractivity contribution < 1.29 is 14.3 Å². The quantitative estimate of drug-likeness (QED) is 0.631. The second-order valence-corrected chi connectivity index (χ2v) is 9.26. The van der Waals surface area contributed by atoms with Crippen molar-refractivity contribution in [3.8, 4) is 11.5 Å². The molecular formula is C23H26ClNO3S. The van der Waals surface area contributed by atoms with Crippen LogP contribution in [0.15, 0.2) is 42.5 Å². The zero-order chi connectivity index (χ0) is 20.4. The van der Waals surface area contributed by atoms with Crippen LogP contribution in [-0.2, 0) is 10.2 Å². The predicted octanol–water partition coefficient (Wildman–Crippen LogP) is 5.44. The van der Waals surface area contributed by atoms with Crippen molar-refractivity contribution in [1.29, 1.82) is 0 Å². The van der Waals surface area contributed by atoms with E-state index in [1.807, 2.05) is 54.2 Å². The normalized spacial score (nSPS) is 20.7. The molecule has 0 bridgehead atoms. The summed E-state index contributed by atoms with van der Waals surface area (Å²) in [5.41, 5.74) is 1.72. The van der Waals surface area contributed by atoms with Crippen molar-refractivity contribution >= 4 is 29.3 Å². The van der Waals surface area contributed by atoms with Gasteiger partial charge in [-0.1, -0.05) is 42.6 Å². The second kappa shape index (κ2) is 8.49. The lowest BCUT2D eigenvalue weighted by Gasteiger charge is -2.35. The molecule has 1 saturated heterocycles. The van der Waals surface area contributed by atoms with Crippen molar-refractivity contribution in [2.75, 3.05) is 26.5 Å². The first kappa shape index (κ1) is 20.4. The van der Waals surface area contributed by atoms with Crippen LogP contribution < -0.4 is 9.47 Å². The van der Waals surface area contributed by atoms with Gasteiger partial charge in [-0.05, 0) is 48.2 Å². The van der Waals surface area contributed by atoms with Gasteiger partial charge in [-0.25, -0.2) is 0 Å². The number of hydrogen-bond donors (Lipinski definition) is 0. The van der Waals surface area contributed by atoms with E-state index in [2.05, 4.69) is 4.90 Å². The molecule has 0 aromatic heterocycles. The van der Waals surface area contributed by atoms with Crippen LogP contribution in [0.4, 0.5) is 0 Å². The average molecular weight is 432 g/mol. The highest BCUT2D eigenvalue weighted by Gasteiger charge is 2.47. The third-order valence-corrected chi connectivity index (χ3v) is 7.62. The Bertz CT molecular complexity index is 880. The fraction of sp³-hybridized carbons (Fsp3) is 0.435. The highest BCUT2D eigenvalue weighted by atomic mass is 35.5. The molecule has 4 nitrogen and oxygen atoms in total. The number of benzene rings is 2. The van der Waals surface area contributed by atoms with Gasteiger partial charge in [-0.2, -0.15) is 0 Å². The van der Waals surface area contributed by atoms with Gasteiger partial charge in [0.15, 0.2) is 11.5 Å². The van der Waals surface area contributed by atoms with E-state index in [9.17, 15) is 4.79 Å². The molecule has 2 fully saturated rings. The molecule has 2 aromatic carbocycles. The van der Waals surface area contributed by atoms with Crippen LogP contribution in [0.25, 0.3) is 0 Å². The molecule has 1 saturated carbocycles. The molecule has 1 aliphatic carbocycles. The molecular weight excluding hydrogens is 406 g/mol. The number of methoxy groups -OCH3 is 2. The van der Waals surface area contributed by atoms with Gasteiger partial charge in [0.05, 0.1) is 19.6 Å². The number of nitrogens with zero attached hydrogens (tertiary/aromatic N) is 1. The van der Waals surface area contributed by atoms with Crippen LogP contribution in [0.3, 0.4) is 0 Å². The minimum absolute atomic E-state index is 0.00733. The van der Waals surface area contributed by atoms with E-state index in [1.54, 1.807) is 14.2 Å². The van der Waals surface area contributed by atoms with Gasteiger partial charge >= 0.3 is 0 Å². The highest BCUT2D eigenvalue weighted by Crippen LogP contribution is 2.48. The molecule has 1 amide bonds. The predicted molar refractivity (Wildman–Crippen MR) is 118 cm³/mol. The summed E-state index contributed by atoms with van der Waals surface area (Å²) in [5.74, 6) is 2.56. The number of hydrogen-bond acceptors (Lipinski definition) is 4. The van der Waals surface area contributed by atoms with Gasteiger partial charge in [-0.3, -0.25) is 4.79 Å². The summed E-state index contributed by atoms with van der Waals surface area (Å²) in [6.45, 7) is 0.762. The first-order chi connectivity index (χ1) is 14.1. The largest absolute Gasteiger partial charge is 0.493 e. The number of ether oxygens (including phenoxy) is 2. The molecule has 1 unspecified atom stereocenters. The van der Waals surface area contributed by atoms with Gasteiger partial charge in [0, 0.05) is 17.3 Å². The summed E-state index contributed by atoms with van der Waals surface area (Å²) in [6, 6.07) is 13.8. The summed E-state index contributed by atoms with van der Waals surface area (Å²) < 4.78 is 10.9. The lowest BCUT2D eigenvalue weighted by molar-refractivity contribution is -0.137. The molecule has 1 atom stereocenters. The lowest BCUT2D eigenvalue weighted by atomic mass is 9.77. The molecule has 0 spiro atoms. The standard InChI is InChI=1S/C23H26ClNO3S/c1-27-19-10-5-16(15-20(19)28-2)21-25(13-14-29-21)22(26)23(11-3-4-12-23)17-6-8-18(24)9-7-17/h5-10,15,21H,3-4,11-14H2,1-2H3. The maximum absolute atomic E-state index is 13.9. The van der Waals surface area contributed by atoms with E-state index >= 15 is 0 Å². The van der Waals surface area contributed by atoms with Crippen molar-refractivity contribution in [2.24, 2.45) is 0 Å². The molecule has 2 aromatic rings. The number of halogens is 1. The Hall–Kier alpha value is -1.85. The monoisotopic (exact) mass is 431 g/mol. The first-order valence-corrected chi connectivity index (χ1v) is 11.4. The van der Waals surface area contributed by atoms with E-state index in [0.29, 0.717) is 16.5 Å². The Morgan fingerprint density at radius 3 is 2.41 bits per heavy atom. The molecule has 4 rings (SSSR count). The highest BCUT2D eigenvalue weighted by molar-refractivity contribution is 7.99. The molecule has 0 N–H and O–H groups in total. The van der Waals surface area contributed by atoms with Gasteiger partial charge in [0.25, 0.3) is 0 Å². The number of rotatable bonds is 5. The maximum atomic E-state index is 13.9. The second-order valence-electron chi connectivity index (χ2n) is 7.63. The van der Waals surface area contributed by atoms with Crippen LogP contribution >= 0.6 is 23.4 Å². The zero-order valence-corrected chi connectivity index (χ0v) is 18.4. The van der Waals surface area contributed by atoms with E-state index < -0.39 is 5.41 Å². The van der Waals surface area contributed by atoms with Gasteiger partial charge in [0.1, 0.15) is 5.37 Å². The molecule has 6 heteroatoms. The van der Waals surface area contributed by atoms with Crippen molar-refractivity contribution in [1.82, 2.24) is 4.90 Å². The fourth-order valence-electron chi connectivity index (χ4n) is 4.61. The van der Waals surface area contributed by atoms with Crippen LogP contribution in [0, 0.1) is 0 Å². The van der Waals surface area contributed by atoms with E-state index in [1.165, 1.54) is 0 Å². The molecule has 154 valence electrons. The third-order valence-electron chi connectivity index (χ3n) is 6.11. The van der Waals surface area contributed by atoms with E-state index in [0.717, 1.165) is 49.1 Å². The van der Waals surface area contributed by atoms with Crippen molar-refractivity contribution in [2.45, 2.75) is 36.5 Å². The fourth-order valence-corrected chi connectivity index (χ4v) is 5.98. The minimum atomic E-state index is -0.440. The van der Waals surface area contributed by atoms with Crippen LogP contribution in [0.2, 0.25) is 5.02 Å². The maximum Gasteiger partial charge on any atom is 0.234 e. The third kappa shape index (κ3) is 3.71. The topological polar surface area (TPSA) is 38.8 Å². The summed E-state index contributed by atoms with van der Waals surface area (Å²) in [6.07, 6.45) is 3.95. The van der Waals surface area contributed by atoms with Gasteiger partial charge < -0.3 is 14.4 Å². The van der Waals surface area contributed by atoms with Gasteiger partial charge in [0.2, 0.25) is 5.91 Å².